The van der Waals surface area contributed by atoms with E-state index in [1.807, 2.05) is 0 Å². The molecule has 0 aromatic carbocycles. The maximum absolute atomic E-state index is 13.6. The van der Waals surface area contributed by atoms with Crippen LogP contribution in [0.2, 0.25) is 0 Å². The smallest absolute Gasteiger partial charge is 0.145 e. The van der Waals surface area contributed by atoms with Crippen LogP contribution < -0.4 is 0 Å². The molecule has 0 unspecified atom stereocenters. The number of rotatable bonds is 13. The predicted molar refractivity (Wildman–Crippen MR) is 151 cm³/mol. The van der Waals surface area contributed by atoms with Crippen LogP contribution in [0.4, 0.5) is 0 Å². The summed E-state index contributed by atoms with van der Waals surface area (Å²) in [5.74, 6) is 4.63. The highest BCUT2D eigenvalue weighted by molar-refractivity contribution is 5.96. The molecule has 0 N–H and O–H groups in total. The molecule has 4 aliphatic rings. The number of carbonyl (C=O) groups excluding carboxylic acids is 1. The van der Waals surface area contributed by atoms with Crippen LogP contribution in [0.3, 0.4) is 0 Å². The first-order chi connectivity index (χ1) is 17.1. The molecule has 202 valence electrons. The summed E-state index contributed by atoms with van der Waals surface area (Å²) >= 11 is 0. The topological polar surface area (TPSA) is 17.1 Å². The minimum absolute atomic E-state index is 0.138. The van der Waals surface area contributed by atoms with E-state index in [-0.39, 0.29) is 10.8 Å². The zero-order valence-corrected chi connectivity index (χ0v) is 23.9. The third kappa shape index (κ3) is 6.96. The van der Waals surface area contributed by atoms with Gasteiger partial charge in [0.25, 0.3) is 0 Å². The Hall–Kier alpha value is -0.330. The van der Waals surface area contributed by atoms with Crippen LogP contribution in [-0.2, 0) is 4.79 Å². The Morgan fingerprint density at radius 1 is 0.543 bits per heavy atom. The summed E-state index contributed by atoms with van der Waals surface area (Å²) in [5, 5.41) is 0. The van der Waals surface area contributed by atoms with Gasteiger partial charge < -0.3 is 0 Å². The maximum atomic E-state index is 13.6. The van der Waals surface area contributed by atoms with Crippen LogP contribution in [0.1, 0.15) is 174 Å². The molecule has 0 amide bonds. The molecule has 4 rings (SSSR count). The van der Waals surface area contributed by atoms with Gasteiger partial charge >= 0.3 is 0 Å². The molecule has 4 saturated carbocycles. The third-order valence-electron chi connectivity index (χ3n) is 11.7. The first-order valence-electron chi connectivity index (χ1n) is 16.7. The van der Waals surface area contributed by atoms with Crippen molar-refractivity contribution in [3.8, 4) is 0 Å². The Morgan fingerprint density at radius 3 is 1.46 bits per heavy atom. The average molecular weight is 485 g/mol. The summed E-state index contributed by atoms with van der Waals surface area (Å²) in [7, 11) is 0. The van der Waals surface area contributed by atoms with E-state index >= 15 is 0 Å². The van der Waals surface area contributed by atoms with Gasteiger partial charge in [-0.15, -0.1) is 0 Å². The second kappa shape index (κ2) is 13.5. The fourth-order valence-electron chi connectivity index (χ4n) is 9.28. The molecule has 4 aliphatic carbocycles. The van der Waals surface area contributed by atoms with Crippen molar-refractivity contribution in [1.82, 2.24) is 0 Å². The molecule has 0 radical (unpaired) electrons. The van der Waals surface area contributed by atoms with Crippen LogP contribution >= 0.6 is 0 Å². The van der Waals surface area contributed by atoms with Crippen molar-refractivity contribution in [3.63, 3.8) is 0 Å². The SMILES string of the molecule is CCCCCCCC1CCC(C2CCC3(CC2)CC2(CCC(CCCCCCC)CC2)C3=O)CC1. The summed E-state index contributed by atoms with van der Waals surface area (Å²) in [5.41, 5.74) is 0.278. The van der Waals surface area contributed by atoms with E-state index in [2.05, 4.69) is 13.8 Å². The number of hydrogen-bond acceptors (Lipinski definition) is 1. The van der Waals surface area contributed by atoms with Crippen molar-refractivity contribution in [2.45, 2.75) is 174 Å². The molecular weight excluding hydrogens is 424 g/mol. The summed E-state index contributed by atoms with van der Waals surface area (Å²) < 4.78 is 0. The predicted octanol–water partition coefficient (Wildman–Crippen LogP) is 10.8. The molecule has 0 aromatic rings. The second-order valence-corrected chi connectivity index (χ2v) is 14.0. The molecule has 0 heterocycles. The molecule has 2 spiro atoms. The number of carbonyl (C=O) groups is 1. The highest BCUT2D eigenvalue weighted by atomic mass is 16.1. The zero-order chi connectivity index (χ0) is 24.6. The van der Waals surface area contributed by atoms with Crippen molar-refractivity contribution >= 4 is 5.78 Å². The lowest BCUT2D eigenvalue weighted by Gasteiger charge is -2.59. The fourth-order valence-corrected chi connectivity index (χ4v) is 9.28. The quantitative estimate of drug-likeness (QED) is 0.237. The number of Topliss-reactive ketones (excluding diaryl/α,β-unsaturated/α-hetero) is 1. The van der Waals surface area contributed by atoms with Gasteiger partial charge in [-0.3, -0.25) is 4.79 Å². The molecule has 35 heavy (non-hydrogen) atoms. The van der Waals surface area contributed by atoms with E-state index in [1.165, 1.54) is 161 Å². The van der Waals surface area contributed by atoms with E-state index < -0.39 is 0 Å². The minimum Gasteiger partial charge on any atom is -0.298 e. The summed E-state index contributed by atoms with van der Waals surface area (Å²) in [4.78, 5) is 13.6. The Labute approximate surface area is 219 Å². The third-order valence-corrected chi connectivity index (χ3v) is 11.7. The Morgan fingerprint density at radius 2 is 0.971 bits per heavy atom. The van der Waals surface area contributed by atoms with E-state index in [0.717, 1.165) is 29.5 Å². The van der Waals surface area contributed by atoms with Gasteiger partial charge in [0.15, 0.2) is 0 Å². The van der Waals surface area contributed by atoms with Gasteiger partial charge in [-0.05, 0) is 94.3 Å². The van der Waals surface area contributed by atoms with Crippen LogP contribution in [0.15, 0.2) is 0 Å². The Balaban J connectivity index is 1.11. The highest BCUT2D eigenvalue weighted by Gasteiger charge is 2.63. The number of ketones is 1. The lowest BCUT2D eigenvalue weighted by atomic mass is 9.42. The van der Waals surface area contributed by atoms with Gasteiger partial charge in [-0.1, -0.05) is 104 Å². The molecule has 0 aromatic heterocycles. The second-order valence-electron chi connectivity index (χ2n) is 14.0. The van der Waals surface area contributed by atoms with Gasteiger partial charge in [0.1, 0.15) is 5.78 Å². The van der Waals surface area contributed by atoms with E-state index in [1.54, 1.807) is 0 Å². The molecular formula is C34H60O. The van der Waals surface area contributed by atoms with Gasteiger partial charge in [-0.2, -0.15) is 0 Å². The monoisotopic (exact) mass is 484 g/mol. The zero-order valence-electron chi connectivity index (χ0n) is 23.9. The maximum Gasteiger partial charge on any atom is 0.145 e. The van der Waals surface area contributed by atoms with Gasteiger partial charge in [0.2, 0.25) is 0 Å². The van der Waals surface area contributed by atoms with Gasteiger partial charge in [0.05, 0.1) is 0 Å². The van der Waals surface area contributed by atoms with Crippen molar-refractivity contribution in [1.29, 1.82) is 0 Å². The van der Waals surface area contributed by atoms with Crippen molar-refractivity contribution in [2.75, 3.05) is 0 Å². The summed E-state index contributed by atoms with van der Waals surface area (Å²) in [6.45, 7) is 4.62. The molecule has 0 bridgehead atoms. The first kappa shape index (κ1) is 27.7. The fraction of sp³-hybridized carbons (Fsp3) is 0.971. The standard InChI is InChI=1S/C34H60O/c1-3-5-7-9-11-13-28-15-17-30(18-16-28)31-21-25-34(26-22-31)27-33(32(34)35)23-19-29(20-24-33)14-12-10-8-6-4-2/h28-31H,3-27H2,1-2H3. The van der Waals surface area contributed by atoms with E-state index in [9.17, 15) is 4.79 Å². The Bertz CT molecular complexity index is 611. The molecule has 1 heteroatoms. The van der Waals surface area contributed by atoms with E-state index in [4.69, 9.17) is 0 Å². The van der Waals surface area contributed by atoms with Crippen LogP contribution in [0, 0.1) is 34.5 Å². The molecule has 0 aliphatic heterocycles. The number of unbranched alkanes of at least 4 members (excludes halogenated alkanes) is 8. The van der Waals surface area contributed by atoms with Crippen molar-refractivity contribution in [2.24, 2.45) is 34.5 Å². The lowest BCUT2D eigenvalue weighted by molar-refractivity contribution is -0.169. The van der Waals surface area contributed by atoms with E-state index in [0.29, 0.717) is 0 Å². The van der Waals surface area contributed by atoms with Crippen molar-refractivity contribution < 1.29 is 4.79 Å². The van der Waals surface area contributed by atoms with Gasteiger partial charge in [-0.25, -0.2) is 0 Å². The summed E-state index contributed by atoms with van der Waals surface area (Å²) in [6, 6.07) is 0. The normalized spacial score (nSPS) is 37.6. The number of hydrogen-bond donors (Lipinski definition) is 0. The summed E-state index contributed by atoms with van der Waals surface area (Å²) in [6.07, 6.45) is 34.8. The van der Waals surface area contributed by atoms with Gasteiger partial charge in [0, 0.05) is 10.8 Å². The minimum atomic E-state index is 0.138. The lowest BCUT2D eigenvalue weighted by Crippen LogP contribution is -2.59. The molecule has 4 fully saturated rings. The average Bonchev–Trinajstić information content (AvgIpc) is 2.90. The Kier molecular flexibility index (Phi) is 10.7. The van der Waals surface area contributed by atoms with Crippen LogP contribution in [-0.4, -0.2) is 5.78 Å². The highest BCUT2D eigenvalue weighted by Crippen LogP contribution is 2.64. The molecule has 0 atom stereocenters. The van der Waals surface area contributed by atoms with Crippen molar-refractivity contribution in [3.05, 3.63) is 0 Å². The van der Waals surface area contributed by atoms with Crippen LogP contribution in [0.25, 0.3) is 0 Å². The molecule has 1 nitrogen and oxygen atoms in total. The van der Waals surface area contributed by atoms with Crippen LogP contribution in [0.5, 0.6) is 0 Å². The largest absolute Gasteiger partial charge is 0.298 e. The first-order valence-corrected chi connectivity index (χ1v) is 16.7. The molecule has 0 saturated heterocycles.